The van der Waals surface area contributed by atoms with Crippen molar-refractivity contribution < 1.29 is 30.0 Å². The van der Waals surface area contributed by atoms with Gasteiger partial charge in [-0.3, -0.25) is 4.79 Å². The van der Waals surface area contributed by atoms with Gasteiger partial charge in [-0.2, -0.15) is 0 Å². The van der Waals surface area contributed by atoms with Crippen LogP contribution in [-0.4, -0.2) is 57.0 Å². The molecule has 116 valence electrons. The molecule has 1 aromatic carbocycles. The van der Waals surface area contributed by atoms with Crippen LogP contribution in [0.3, 0.4) is 0 Å². The molecule has 0 saturated carbocycles. The number of hydrogen-bond acceptors (Lipinski definition) is 7. The number of nitrogens with two attached hydrogens (primary N) is 1. The van der Waals surface area contributed by atoms with E-state index < -0.39 is 30.3 Å². The first-order valence-electron chi connectivity index (χ1n) is 5.81. The Morgan fingerprint density at radius 3 is 2.14 bits per heavy atom. The van der Waals surface area contributed by atoms with E-state index in [2.05, 4.69) is 15.9 Å². The summed E-state index contributed by atoms with van der Waals surface area (Å²) in [5, 5.41) is 38.3. The predicted octanol–water partition coefficient (Wildman–Crippen LogP) is -1.70. The molecule has 0 aliphatic rings. The molecule has 0 spiro atoms. The summed E-state index contributed by atoms with van der Waals surface area (Å²) in [6.45, 7) is 0. The van der Waals surface area contributed by atoms with Gasteiger partial charge in [0.2, 0.25) is 0 Å². The zero-order valence-corrected chi connectivity index (χ0v) is 12.3. The third-order valence-electron chi connectivity index (χ3n) is 2.76. The second kappa shape index (κ2) is 7.59. The average Bonchev–Trinajstić information content (AvgIpc) is 2.51. The van der Waals surface area contributed by atoms with E-state index in [0.29, 0.717) is 5.01 Å². The van der Waals surface area contributed by atoms with Gasteiger partial charge < -0.3 is 25.2 Å². The van der Waals surface area contributed by atoms with Gasteiger partial charge in [-0.05, 0) is 24.3 Å². The highest BCUT2D eigenvalue weighted by molar-refractivity contribution is 9.10. The largest absolute Gasteiger partial charge is 0.387 e. The molecule has 0 bridgehead atoms. The highest BCUT2D eigenvalue weighted by atomic mass is 79.9. The van der Waals surface area contributed by atoms with Gasteiger partial charge in [0.1, 0.15) is 18.3 Å². The van der Waals surface area contributed by atoms with E-state index in [0.717, 1.165) is 4.47 Å². The summed E-state index contributed by atoms with van der Waals surface area (Å²) in [6, 6.07) is 6.18. The first-order chi connectivity index (χ1) is 9.79. The molecule has 0 saturated heterocycles. The van der Waals surface area contributed by atoms with E-state index in [1.165, 1.54) is 12.1 Å². The monoisotopic (exact) mass is 362 g/mol. The van der Waals surface area contributed by atoms with Crippen molar-refractivity contribution >= 4 is 33.8 Å². The topological polar surface area (TPSA) is 144 Å². The fraction of sp³-hybridized carbons (Fsp3) is 0.333. The van der Waals surface area contributed by atoms with Gasteiger partial charge in [-0.25, -0.2) is 10.9 Å². The molecule has 0 heterocycles. The van der Waals surface area contributed by atoms with Crippen LogP contribution < -0.4 is 10.9 Å². The number of rotatable bonds is 6. The minimum absolute atomic E-state index is 0.0278. The lowest BCUT2D eigenvalue weighted by Crippen LogP contribution is -2.54. The fourth-order valence-electron chi connectivity index (χ4n) is 1.49. The summed E-state index contributed by atoms with van der Waals surface area (Å²) < 4.78 is 0.747. The molecule has 1 aromatic rings. The molecule has 0 unspecified atom stereocenters. The normalized spacial score (nSPS) is 16.7. The number of amides is 1. The molecular weight excluding hydrogens is 348 g/mol. The van der Waals surface area contributed by atoms with Gasteiger partial charge in [0.05, 0.1) is 5.69 Å². The van der Waals surface area contributed by atoms with Gasteiger partial charge in [0.25, 0.3) is 5.91 Å². The van der Waals surface area contributed by atoms with Gasteiger partial charge in [0, 0.05) is 4.47 Å². The standard InChI is InChI=1S/C12H15BrN2O6/c13-6-1-3-7(4-2-6)15(14)12(21)11(20)10(19)9(18)8(17)5-16/h1-5,8-11,17-20H,14H2/t8-,9+,10-,11-/m0/s1. The Balaban J connectivity index is 2.81. The SMILES string of the molecule is NN(C(=O)[C@@H](O)[C@@H](O)[C@H](O)[C@@H](O)C=O)c1ccc(Br)cc1. The Morgan fingerprint density at radius 2 is 1.67 bits per heavy atom. The van der Waals surface area contributed by atoms with Crippen molar-refractivity contribution in [3.63, 3.8) is 0 Å². The Bertz CT molecular complexity index is 497. The second-order valence-corrected chi connectivity index (χ2v) is 5.15. The van der Waals surface area contributed by atoms with Crippen molar-refractivity contribution in [1.29, 1.82) is 0 Å². The zero-order chi connectivity index (χ0) is 16.2. The number of benzene rings is 1. The molecule has 1 amide bonds. The lowest BCUT2D eigenvalue weighted by Gasteiger charge is -2.26. The van der Waals surface area contributed by atoms with E-state index in [1.54, 1.807) is 12.1 Å². The van der Waals surface area contributed by atoms with Gasteiger partial charge >= 0.3 is 0 Å². The second-order valence-electron chi connectivity index (χ2n) is 4.24. The van der Waals surface area contributed by atoms with Gasteiger partial charge in [-0.15, -0.1) is 0 Å². The van der Waals surface area contributed by atoms with Crippen molar-refractivity contribution in [3.05, 3.63) is 28.7 Å². The van der Waals surface area contributed by atoms with Crippen LogP contribution >= 0.6 is 15.9 Å². The maximum atomic E-state index is 11.9. The molecule has 0 fully saturated rings. The maximum absolute atomic E-state index is 11.9. The van der Waals surface area contributed by atoms with Gasteiger partial charge in [0.15, 0.2) is 12.4 Å². The zero-order valence-electron chi connectivity index (χ0n) is 10.7. The number of hydrazine groups is 1. The molecule has 0 aliphatic heterocycles. The number of aliphatic hydroxyl groups is 4. The minimum atomic E-state index is -2.11. The molecule has 6 N–H and O–H groups in total. The number of halogens is 1. The highest BCUT2D eigenvalue weighted by Gasteiger charge is 2.36. The number of anilines is 1. The number of hydrogen-bond donors (Lipinski definition) is 5. The van der Waals surface area contributed by atoms with E-state index in [4.69, 9.17) is 10.9 Å². The molecule has 21 heavy (non-hydrogen) atoms. The van der Waals surface area contributed by atoms with E-state index >= 15 is 0 Å². The molecular formula is C12H15BrN2O6. The summed E-state index contributed by atoms with van der Waals surface area (Å²) in [5.41, 5.74) is 0.236. The first kappa shape index (κ1) is 17.7. The number of aldehydes is 1. The van der Waals surface area contributed by atoms with Crippen LogP contribution in [0.5, 0.6) is 0 Å². The number of carbonyl (C=O) groups is 2. The molecule has 0 aromatic heterocycles. The molecule has 0 radical (unpaired) electrons. The number of nitrogens with zero attached hydrogens (tertiary/aromatic N) is 1. The smallest absolute Gasteiger partial charge is 0.272 e. The average molecular weight is 363 g/mol. The van der Waals surface area contributed by atoms with E-state index in [-0.39, 0.29) is 12.0 Å². The van der Waals surface area contributed by atoms with E-state index in [9.17, 15) is 24.9 Å². The molecule has 8 nitrogen and oxygen atoms in total. The van der Waals surface area contributed by atoms with Crippen molar-refractivity contribution in [2.45, 2.75) is 24.4 Å². The highest BCUT2D eigenvalue weighted by Crippen LogP contribution is 2.17. The summed E-state index contributed by atoms with van der Waals surface area (Å²) in [6.07, 6.45) is -8.15. The molecule has 1 rings (SSSR count). The minimum Gasteiger partial charge on any atom is -0.387 e. The lowest BCUT2D eigenvalue weighted by atomic mass is 10.0. The molecule has 0 aliphatic carbocycles. The summed E-state index contributed by atoms with van der Waals surface area (Å²) in [5.74, 6) is 4.41. The van der Waals surface area contributed by atoms with E-state index in [1.807, 2.05) is 0 Å². The maximum Gasteiger partial charge on any atom is 0.272 e. The Morgan fingerprint density at radius 1 is 1.14 bits per heavy atom. The Kier molecular flexibility index (Phi) is 6.40. The molecule has 9 heteroatoms. The van der Waals surface area contributed by atoms with Crippen LogP contribution in [0.2, 0.25) is 0 Å². The van der Waals surface area contributed by atoms with Crippen LogP contribution in [-0.2, 0) is 9.59 Å². The van der Waals surface area contributed by atoms with Crippen LogP contribution in [0.15, 0.2) is 28.7 Å². The Labute approximate surface area is 128 Å². The third-order valence-corrected chi connectivity index (χ3v) is 3.29. The Hall–Kier alpha value is -1.36. The number of aliphatic hydroxyl groups excluding tert-OH is 4. The van der Waals surface area contributed by atoms with Crippen molar-refractivity contribution in [1.82, 2.24) is 0 Å². The van der Waals surface area contributed by atoms with Crippen LogP contribution in [0, 0.1) is 0 Å². The first-order valence-corrected chi connectivity index (χ1v) is 6.60. The summed E-state index contributed by atoms with van der Waals surface area (Å²) in [7, 11) is 0. The predicted molar refractivity (Wildman–Crippen MR) is 75.9 cm³/mol. The summed E-state index contributed by atoms with van der Waals surface area (Å²) in [4.78, 5) is 22.2. The summed E-state index contributed by atoms with van der Waals surface area (Å²) >= 11 is 3.20. The van der Waals surface area contributed by atoms with Crippen molar-refractivity contribution in [3.8, 4) is 0 Å². The molecule has 4 atom stereocenters. The lowest BCUT2D eigenvalue weighted by molar-refractivity contribution is -0.147. The number of carbonyl (C=O) groups excluding carboxylic acids is 2. The van der Waals surface area contributed by atoms with Crippen LogP contribution in [0.4, 0.5) is 5.69 Å². The van der Waals surface area contributed by atoms with Crippen LogP contribution in [0.25, 0.3) is 0 Å². The third kappa shape index (κ3) is 4.30. The van der Waals surface area contributed by atoms with Crippen LogP contribution in [0.1, 0.15) is 0 Å². The van der Waals surface area contributed by atoms with Gasteiger partial charge in [-0.1, -0.05) is 15.9 Å². The van der Waals surface area contributed by atoms with Crippen molar-refractivity contribution in [2.24, 2.45) is 5.84 Å². The quantitative estimate of drug-likeness (QED) is 0.175. The van der Waals surface area contributed by atoms with Crippen molar-refractivity contribution in [2.75, 3.05) is 5.01 Å². The fourth-order valence-corrected chi connectivity index (χ4v) is 1.75.